The minimum atomic E-state index is -0.799. The predicted molar refractivity (Wildman–Crippen MR) is 48.4 cm³/mol. The summed E-state index contributed by atoms with van der Waals surface area (Å²) in [5.41, 5.74) is -0.754. The monoisotopic (exact) mass is 184 g/mol. The zero-order chi connectivity index (χ0) is 10.1. The SMILES string of the molecule is CC(C)(C(=O)O)C1CCCC(=O)C1. The number of carboxylic acid groups (broad SMARTS) is 1. The number of Topliss-reactive ketones (excluding diaryl/α,β-unsaturated/α-hetero) is 1. The molecular weight excluding hydrogens is 168 g/mol. The van der Waals surface area contributed by atoms with E-state index >= 15 is 0 Å². The van der Waals surface area contributed by atoms with Gasteiger partial charge in [0, 0.05) is 12.8 Å². The van der Waals surface area contributed by atoms with E-state index in [-0.39, 0.29) is 11.7 Å². The van der Waals surface area contributed by atoms with Crippen LogP contribution in [0.25, 0.3) is 0 Å². The zero-order valence-corrected chi connectivity index (χ0v) is 8.17. The van der Waals surface area contributed by atoms with Gasteiger partial charge in [0.25, 0.3) is 0 Å². The van der Waals surface area contributed by atoms with Crippen LogP contribution < -0.4 is 0 Å². The number of ketones is 1. The number of rotatable bonds is 2. The summed E-state index contributed by atoms with van der Waals surface area (Å²) >= 11 is 0. The van der Waals surface area contributed by atoms with Gasteiger partial charge in [-0.25, -0.2) is 0 Å². The predicted octanol–water partition coefficient (Wildman–Crippen LogP) is 1.86. The Labute approximate surface area is 78.1 Å². The third kappa shape index (κ3) is 2.08. The molecule has 3 heteroatoms. The summed E-state index contributed by atoms with van der Waals surface area (Å²) in [5, 5.41) is 8.97. The fourth-order valence-electron chi connectivity index (χ4n) is 1.82. The molecule has 0 saturated heterocycles. The Kier molecular flexibility index (Phi) is 2.74. The standard InChI is InChI=1S/C10H16O3/c1-10(2,9(12)13)7-4-3-5-8(11)6-7/h7H,3-6H2,1-2H3,(H,12,13). The van der Waals surface area contributed by atoms with Crippen LogP contribution >= 0.6 is 0 Å². The molecule has 1 N–H and O–H groups in total. The van der Waals surface area contributed by atoms with Gasteiger partial charge in [-0.1, -0.05) is 0 Å². The Morgan fingerprint density at radius 2 is 2.15 bits per heavy atom. The number of hydrogen-bond acceptors (Lipinski definition) is 2. The molecule has 0 heterocycles. The Bertz CT molecular complexity index is 230. The van der Waals surface area contributed by atoms with Gasteiger partial charge in [-0.15, -0.1) is 0 Å². The van der Waals surface area contributed by atoms with Crippen molar-refractivity contribution >= 4 is 11.8 Å². The first-order valence-corrected chi connectivity index (χ1v) is 4.69. The Morgan fingerprint density at radius 1 is 1.54 bits per heavy atom. The average Bonchev–Trinajstić information content (AvgIpc) is 2.04. The van der Waals surface area contributed by atoms with Gasteiger partial charge < -0.3 is 5.11 Å². The van der Waals surface area contributed by atoms with Gasteiger partial charge >= 0.3 is 5.97 Å². The van der Waals surface area contributed by atoms with E-state index in [0.717, 1.165) is 12.8 Å². The molecule has 0 spiro atoms. The van der Waals surface area contributed by atoms with Crippen molar-refractivity contribution in [3.05, 3.63) is 0 Å². The van der Waals surface area contributed by atoms with E-state index in [1.165, 1.54) is 0 Å². The van der Waals surface area contributed by atoms with Crippen molar-refractivity contribution in [2.45, 2.75) is 39.5 Å². The van der Waals surface area contributed by atoms with Crippen molar-refractivity contribution < 1.29 is 14.7 Å². The fraction of sp³-hybridized carbons (Fsp3) is 0.800. The highest BCUT2D eigenvalue weighted by Crippen LogP contribution is 2.36. The molecule has 13 heavy (non-hydrogen) atoms. The third-order valence-electron chi connectivity index (χ3n) is 3.05. The average molecular weight is 184 g/mol. The van der Waals surface area contributed by atoms with Crippen LogP contribution in [0.1, 0.15) is 39.5 Å². The van der Waals surface area contributed by atoms with Crippen LogP contribution in [-0.4, -0.2) is 16.9 Å². The second kappa shape index (κ2) is 3.48. The van der Waals surface area contributed by atoms with Crippen molar-refractivity contribution in [2.24, 2.45) is 11.3 Å². The lowest BCUT2D eigenvalue weighted by molar-refractivity contribution is -0.151. The molecule has 0 aliphatic heterocycles. The summed E-state index contributed by atoms with van der Waals surface area (Å²) in [6.45, 7) is 3.41. The summed E-state index contributed by atoms with van der Waals surface area (Å²) in [6, 6.07) is 0. The molecule has 0 radical (unpaired) electrons. The molecule has 74 valence electrons. The molecule has 0 bridgehead atoms. The normalized spacial score (nSPS) is 24.5. The Hall–Kier alpha value is -0.860. The maximum absolute atomic E-state index is 11.1. The second-order valence-electron chi connectivity index (χ2n) is 4.36. The minimum absolute atomic E-state index is 0.0197. The van der Waals surface area contributed by atoms with E-state index in [1.807, 2.05) is 0 Å². The molecule has 1 atom stereocenters. The van der Waals surface area contributed by atoms with E-state index in [2.05, 4.69) is 0 Å². The van der Waals surface area contributed by atoms with Crippen molar-refractivity contribution in [1.29, 1.82) is 0 Å². The van der Waals surface area contributed by atoms with E-state index in [9.17, 15) is 9.59 Å². The third-order valence-corrected chi connectivity index (χ3v) is 3.05. The molecule has 1 aliphatic rings. The van der Waals surface area contributed by atoms with Crippen LogP contribution in [0.2, 0.25) is 0 Å². The van der Waals surface area contributed by atoms with Gasteiger partial charge in [0.1, 0.15) is 5.78 Å². The lowest BCUT2D eigenvalue weighted by Crippen LogP contribution is -2.36. The van der Waals surface area contributed by atoms with E-state index < -0.39 is 11.4 Å². The molecule has 1 saturated carbocycles. The van der Waals surface area contributed by atoms with Crippen LogP contribution in [-0.2, 0) is 9.59 Å². The molecule has 1 unspecified atom stereocenters. The lowest BCUT2D eigenvalue weighted by Gasteiger charge is -2.32. The molecule has 3 nitrogen and oxygen atoms in total. The smallest absolute Gasteiger partial charge is 0.309 e. The summed E-state index contributed by atoms with van der Waals surface area (Å²) < 4.78 is 0. The van der Waals surface area contributed by atoms with Crippen LogP contribution in [0.5, 0.6) is 0 Å². The van der Waals surface area contributed by atoms with Crippen LogP contribution in [0.4, 0.5) is 0 Å². The van der Waals surface area contributed by atoms with Crippen LogP contribution in [0, 0.1) is 11.3 Å². The number of hydrogen-bond donors (Lipinski definition) is 1. The first-order chi connectivity index (χ1) is 5.94. The molecule has 0 aromatic rings. The molecule has 0 aromatic heterocycles. The van der Waals surface area contributed by atoms with Gasteiger partial charge in [0.15, 0.2) is 0 Å². The highest BCUT2D eigenvalue weighted by molar-refractivity contribution is 5.81. The van der Waals surface area contributed by atoms with Crippen molar-refractivity contribution in [1.82, 2.24) is 0 Å². The minimum Gasteiger partial charge on any atom is -0.481 e. The van der Waals surface area contributed by atoms with E-state index in [1.54, 1.807) is 13.8 Å². The quantitative estimate of drug-likeness (QED) is 0.712. The van der Waals surface area contributed by atoms with Gasteiger partial charge in [0.2, 0.25) is 0 Å². The molecule has 0 amide bonds. The van der Waals surface area contributed by atoms with Crippen LogP contribution in [0.15, 0.2) is 0 Å². The highest BCUT2D eigenvalue weighted by Gasteiger charge is 2.38. The molecule has 1 rings (SSSR count). The molecule has 1 aliphatic carbocycles. The van der Waals surface area contributed by atoms with Gasteiger partial charge in [-0.2, -0.15) is 0 Å². The largest absolute Gasteiger partial charge is 0.481 e. The van der Waals surface area contributed by atoms with E-state index in [0.29, 0.717) is 12.8 Å². The van der Waals surface area contributed by atoms with Gasteiger partial charge in [-0.05, 0) is 32.6 Å². The van der Waals surface area contributed by atoms with Gasteiger partial charge in [-0.3, -0.25) is 9.59 Å². The van der Waals surface area contributed by atoms with Crippen LogP contribution in [0.3, 0.4) is 0 Å². The maximum atomic E-state index is 11.1. The zero-order valence-electron chi connectivity index (χ0n) is 8.17. The number of carboxylic acids is 1. The molecule has 0 aromatic carbocycles. The fourth-order valence-corrected chi connectivity index (χ4v) is 1.82. The number of carbonyl (C=O) groups excluding carboxylic acids is 1. The first kappa shape index (κ1) is 10.2. The lowest BCUT2D eigenvalue weighted by atomic mass is 9.71. The van der Waals surface area contributed by atoms with Crippen molar-refractivity contribution in [3.8, 4) is 0 Å². The molecular formula is C10H16O3. The summed E-state index contributed by atoms with van der Waals surface area (Å²) in [6.07, 6.45) is 2.79. The summed E-state index contributed by atoms with van der Waals surface area (Å²) in [4.78, 5) is 22.1. The maximum Gasteiger partial charge on any atom is 0.309 e. The van der Waals surface area contributed by atoms with Crippen molar-refractivity contribution in [3.63, 3.8) is 0 Å². The van der Waals surface area contributed by atoms with Gasteiger partial charge in [0.05, 0.1) is 5.41 Å². The van der Waals surface area contributed by atoms with E-state index in [4.69, 9.17) is 5.11 Å². The van der Waals surface area contributed by atoms with Crippen molar-refractivity contribution in [2.75, 3.05) is 0 Å². The molecule has 1 fully saturated rings. The second-order valence-corrected chi connectivity index (χ2v) is 4.36. The summed E-state index contributed by atoms with van der Waals surface area (Å²) in [5.74, 6) is -0.566. The highest BCUT2D eigenvalue weighted by atomic mass is 16.4. The number of carbonyl (C=O) groups is 2. The topological polar surface area (TPSA) is 54.4 Å². The number of aliphatic carboxylic acids is 1. The Balaban J connectivity index is 2.70. The first-order valence-electron chi connectivity index (χ1n) is 4.69. The Morgan fingerprint density at radius 3 is 2.62 bits per heavy atom. The summed E-state index contributed by atoms with van der Waals surface area (Å²) in [7, 11) is 0.